The van der Waals surface area contributed by atoms with Gasteiger partial charge in [0.05, 0.1) is 5.39 Å². The standard InChI is InChI=1S/C30H18N2O/c1-3-11-19(12-4-1)26-29-27(32-30(31-26)20-13-5-2-6-14-20)25-23-17-9-7-15-21(23)22-16-8-10-18-24(22)28(25)33-29/h1-18H. The molecule has 0 saturated heterocycles. The Labute approximate surface area is 190 Å². The van der Waals surface area contributed by atoms with E-state index in [0.29, 0.717) is 5.82 Å². The van der Waals surface area contributed by atoms with Crippen molar-refractivity contribution in [2.75, 3.05) is 0 Å². The van der Waals surface area contributed by atoms with E-state index in [2.05, 4.69) is 60.7 Å². The molecule has 2 aromatic heterocycles. The molecule has 7 rings (SSSR count). The van der Waals surface area contributed by atoms with Crippen molar-refractivity contribution in [1.82, 2.24) is 9.97 Å². The lowest BCUT2D eigenvalue weighted by Gasteiger charge is -2.07. The van der Waals surface area contributed by atoms with Gasteiger partial charge in [0.15, 0.2) is 11.4 Å². The molecule has 5 aromatic carbocycles. The molecule has 3 nitrogen and oxygen atoms in total. The fourth-order valence-corrected chi connectivity index (χ4v) is 4.78. The molecule has 0 amide bonds. The zero-order valence-corrected chi connectivity index (χ0v) is 17.7. The van der Waals surface area contributed by atoms with Gasteiger partial charge in [0.25, 0.3) is 0 Å². The molecule has 154 valence electrons. The van der Waals surface area contributed by atoms with Crippen LogP contribution >= 0.6 is 0 Å². The second-order valence-electron chi connectivity index (χ2n) is 8.20. The van der Waals surface area contributed by atoms with Crippen molar-refractivity contribution in [2.24, 2.45) is 0 Å². The van der Waals surface area contributed by atoms with Crippen molar-refractivity contribution in [1.29, 1.82) is 0 Å². The van der Waals surface area contributed by atoms with Crippen molar-refractivity contribution in [3.8, 4) is 22.6 Å². The summed E-state index contributed by atoms with van der Waals surface area (Å²) < 4.78 is 6.63. The van der Waals surface area contributed by atoms with Gasteiger partial charge in [-0.05, 0) is 16.2 Å². The van der Waals surface area contributed by atoms with E-state index in [0.717, 1.165) is 49.7 Å². The smallest absolute Gasteiger partial charge is 0.180 e. The summed E-state index contributed by atoms with van der Waals surface area (Å²) in [6, 6.07) is 37.2. The third-order valence-corrected chi connectivity index (χ3v) is 6.27. The molecule has 2 heterocycles. The number of furan rings is 1. The van der Waals surface area contributed by atoms with Gasteiger partial charge in [-0.2, -0.15) is 0 Å². The van der Waals surface area contributed by atoms with Crippen molar-refractivity contribution < 1.29 is 4.42 Å². The number of hydrogen-bond acceptors (Lipinski definition) is 3. The molecule has 33 heavy (non-hydrogen) atoms. The average Bonchev–Trinajstić information content (AvgIpc) is 3.29. The molecule has 0 N–H and O–H groups in total. The predicted molar refractivity (Wildman–Crippen MR) is 135 cm³/mol. The van der Waals surface area contributed by atoms with Crippen LogP contribution in [0.1, 0.15) is 0 Å². The van der Waals surface area contributed by atoms with E-state index >= 15 is 0 Å². The summed E-state index contributed by atoms with van der Waals surface area (Å²) in [4.78, 5) is 10.1. The van der Waals surface area contributed by atoms with E-state index in [1.165, 1.54) is 10.8 Å². The average molecular weight is 422 g/mol. The van der Waals surface area contributed by atoms with E-state index in [9.17, 15) is 0 Å². The van der Waals surface area contributed by atoms with Crippen LogP contribution in [0.2, 0.25) is 0 Å². The van der Waals surface area contributed by atoms with E-state index in [4.69, 9.17) is 14.4 Å². The first kappa shape index (κ1) is 18.1. The fraction of sp³-hybridized carbons (Fsp3) is 0. The molecule has 0 radical (unpaired) electrons. The van der Waals surface area contributed by atoms with Crippen molar-refractivity contribution >= 4 is 43.6 Å². The Kier molecular flexibility index (Phi) is 3.84. The number of nitrogens with zero attached hydrogens (tertiary/aromatic N) is 2. The van der Waals surface area contributed by atoms with Crippen LogP contribution in [0.4, 0.5) is 0 Å². The van der Waals surface area contributed by atoms with Gasteiger partial charge >= 0.3 is 0 Å². The maximum Gasteiger partial charge on any atom is 0.180 e. The van der Waals surface area contributed by atoms with Crippen LogP contribution in [-0.2, 0) is 0 Å². The number of fused-ring (bicyclic) bond motifs is 8. The number of aromatic nitrogens is 2. The summed E-state index contributed by atoms with van der Waals surface area (Å²) in [7, 11) is 0. The van der Waals surface area contributed by atoms with Crippen LogP contribution in [0.15, 0.2) is 114 Å². The Morgan fingerprint density at radius 1 is 0.455 bits per heavy atom. The maximum absolute atomic E-state index is 6.63. The molecule has 0 saturated carbocycles. The lowest BCUT2D eigenvalue weighted by atomic mass is 9.98. The van der Waals surface area contributed by atoms with Crippen LogP contribution in [-0.4, -0.2) is 9.97 Å². The van der Waals surface area contributed by atoms with Gasteiger partial charge in [0, 0.05) is 16.5 Å². The van der Waals surface area contributed by atoms with Crippen LogP contribution in [0.3, 0.4) is 0 Å². The quantitative estimate of drug-likeness (QED) is 0.265. The topological polar surface area (TPSA) is 38.9 Å². The van der Waals surface area contributed by atoms with Crippen LogP contribution in [0.5, 0.6) is 0 Å². The van der Waals surface area contributed by atoms with Crippen LogP contribution in [0.25, 0.3) is 66.3 Å². The molecular weight excluding hydrogens is 404 g/mol. The van der Waals surface area contributed by atoms with Gasteiger partial charge in [-0.25, -0.2) is 9.97 Å². The first-order chi connectivity index (χ1) is 16.4. The van der Waals surface area contributed by atoms with Gasteiger partial charge < -0.3 is 4.42 Å². The SMILES string of the molecule is c1ccc(-c2nc(-c3ccccc3)c3oc4c5ccccc5c5ccccc5c4c3n2)cc1. The Morgan fingerprint density at radius 3 is 1.70 bits per heavy atom. The molecule has 3 heteroatoms. The molecule has 0 atom stereocenters. The molecule has 0 spiro atoms. The molecule has 0 aliphatic heterocycles. The van der Waals surface area contributed by atoms with Crippen LogP contribution < -0.4 is 0 Å². The van der Waals surface area contributed by atoms with E-state index < -0.39 is 0 Å². The minimum Gasteiger partial charge on any atom is -0.451 e. The summed E-state index contributed by atoms with van der Waals surface area (Å²) in [6.07, 6.45) is 0. The Balaban J connectivity index is 1.73. The summed E-state index contributed by atoms with van der Waals surface area (Å²) in [5.74, 6) is 0.696. The van der Waals surface area contributed by atoms with Gasteiger partial charge in [-0.1, -0.05) is 109 Å². The largest absolute Gasteiger partial charge is 0.451 e. The minimum absolute atomic E-state index is 0.696. The normalized spacial score (nSPS) is 11.6. The maximum atomic E-state index is 6.63. The first-order valence-corrected chi connectivity index (χ1v) is 11.0. The minimum atomic E-state index is 0.696. The molecule has 0 bridgehead atoms. The second kappa shape index (κ2) is 7.01. The number of hydrogen-bond donors (Lipinski definition) is 0. The molecular formula is C30H18N2O. The predicted octanol–water partition coefficient (Wildman–Crippen LogP) is 8.02. The van der Waals surface area contributed by atoms with Gasteiger partial charge in [-0.3, -0.25) is 0 Å². The Morgan fingerprint density at radius 2 is 1.00 bits per heavy atom. The van der Waals surface area contributed by atoms with Gasteiger partial charge in [0.1, 0.15) is 16.8 Å². The third kappa shape index (κ3) is 2.69. The third-order valence-electron chi connectivity index (χ3n) is 6.27. The monoisotopic (exact) mass is 422 g/mol. The zero-order valence-electron chi connectivity index (χ0n) is 17.7. The number of benzene rings is 5. The van der Waals surface area contributed by atoms with E-state index in [1.54, 1.807) is 0 Å². The van der Waals surface area contributed by atoms with Gasteiger partial charge in [-0.15, -0.1) is 0 Å². The van der Waals surface area contributed by atoms with Crippen LogP contribution in [0, 0.1) is 0 Å². The lowest BCUT2D eigenvalue weighted by Crippen LogP contribution is -1.93. The number of rotatable bonds is 2. The summed E-state index contributed by atoms with van der Waals surface area (Å²) in [5.41, 5.74) is 5.22. The highest BCUT2D eigenvalue weighted by atomic mass is 16.3. The molecule has 0 unspecified atom stereocenters. The molecule has 0 aliphatic rings. The van der Waals surface area contributed by atoms with E-state index in [1.807, 2.05) is 48.5 Å². The van der Waals surface area contributed by atoms with Gasteiger partial charge in [0.2, 0.25) is 0 Å². The lowest BCUT2D eigenvalue weighted by molar-refractivity contribution is 0.671. The van der Waals surface area contributed by atoms with E-state index in [-0.39, 0.29) is 0 Å². The van der Waals surface area contributed by atoms with Crippen molar-refractivity contribution in [3.05, 3.63) is 109 Å². The Bertz CT molecular complexity index is 1800. The van der Waals surface area contributed by atoms with Crippen molar-refractivity contribution in [2.45, 2.75) is 0 Å². The Hall–Kier alpha value is -4.50. The fourth-order valence-electron chi connectivity index (χ4n) is 4.78. The highest BCUT2D eigenvalue weighted by Crippen LogP contribution is 2.42. The molecule has 0 fully saturated rings. The zero-order chi connectivity index (χ0) is 21.8. The highest BCUT2D eigenvalue weighted by molar-refractivity contribution is 6.30. The molecule has 7 aromatic rings. The first-order valence-electron chi connectivity index (χ1n) is 11.0. The summed E-state index contributed by atoms with van der Waals surface area (Å²) >= 11 is 0. The summed E-state index contributed by atoms with van der Waals surface area (Å²) in [6.45, 7) is 0. The van der Waals surface area contributed by atoms with Crippen molar-refractivity contribution in [3.63, 3.8) is 0 Å². The molecule has 0 aliphatic carbocycles. The second-order valence-corrected chi connectivity index (χ2v) is 8.20. The highest BCUT2D eigenvalue weighted by Gasteiger charge is 2.21. The summed E-state index contributed by atoms with van der Waals surface area (Å²) in [5, 5.41) is 5.64.